The summed E-state index contributed by atoms with van der Waals surface area (Å²) in [6.45, 7) is 3.75. The zero-order chi connectivity index (χ0) is 15.2. The molecule has 0 atom stereocenters. The summed E-state index contributed by atoms with van der Waals surface area (Å²) in [4.78, 5) is 11.5. The van der Waals surface area contributed by atoms with E-state index in [1.807, 2.05) is 13.0 Å². The van der Waals surface area contributed by atoms with E-state index in [1.165, 1.54) is 17.4 Å². The maximum absolute atomic E-state index is 11.1. The van der Waals surface area contributed by atoms with Gasteiger partial charge in [-0.15, -0.1) is 11.3 Å². The standard InChI is InChI=1S/C14H15ClN2O3S/c1-2-16-8-10-3-5-12(17(18)19)13(7-10)20-9-11-4-6-14(15)21-11/h3-7,16H,2,8-9H2,1H3. The van der Waals surface area contributed by atoms with Crippen molar-refractivity contribution in [1.29, 1.82) is 0 Å². The predicted molar refractivity (Wildman–Crippen MR) is 84.1 cm³/mol. The number of nitro groups is 1. The molecule has 5 nitrogen and oxygen atoms in total. The number of halogens is 1. The summed E-state index contributed by atoms with van der Waals surface area (Å²) in [6, 6.07) is 8.54. The fraction of sp³-hybridized carbons (Fsp3) is 0.286. The van der Waals surface area contributed by atoms with Crippen LogP contribution in [0.5, 0.6) is 5.75 Å². The second-order valence-electron chi connectivity index (χ2n) is 4.33. The first kappa shape index (κ1) is 15.8. The van der Waals surface area contributed by atoms with Crippen LogP contribution in [0.3, 0.4) is 0 Å². The molecule has 0 aliphatic rings. The highest BCUT2D eigenvalue weighted by Crippen LogP contribution is 2.30. The average molecular weight is 327 g/mol. The van der Waals surface area contributed by atoms with Crippen LogP contribution in [0.25, 0.3) is 0 Å². The van der Waals surface area contributed by atoms with Crippen LogP contribution >= 0.6 is 22.9 Å². The molecule has 1 aromatic heterocycles. The Kier molecular flexibility index (Phi) is 5.55. The Morgan fingerprint density at radius 1 is 1.38 bits per heavy atom. The topological polar surface area (TPSA) is 64.4 Å². The summed E-state index contributed by atoms with van der Waals surface area (Å²) in [6.07, 6.45) is 0. The van der Waals surface area contributed by atoms with E-state index in [-0.39, 0.29) is 18.0 Å². The molecule has 0 saturated heterocycles. The number of hydrogen-bond acceptors (Lipinski definition) is 5. The zero-order valence-corrected chi connectivity index (χ0v) is 13.0. The van der Waals surface area contributed by atoms with Crippen LogP contribution in [0.15, 0.2) is 30.3 Å². The van der Waals surface area contributed by atoms with E-state index < -0.39 is 4.92 Å². The summed E-state index contributed by atoms with van der Waals surface area (Å²) in [7, 11) is 0. The number of rotatable bonds is 7. The van der Waals surface area contributed by atoms with Gasteiger partial charge in [0.25, 0.3) is 0 Å². The lowest BCUT2D eigenvalue weighted by Crippen LogP contribution is -2.12. The van der Waals surface area contributed by atoms with Gasteiger partial charge in [0, 0.05) is 17.5 Å². The maximum atomic E-state index is 11.1. The Bertz CT molecular complexity index is 630. The van der Waals surface area contributed by atoms with Crippen molar-refractivity contribution in [3.8, 4) is 5.75 Å². The van der Waals surface area contributed by atoms with Crippen molar-refractivity contribution < 1.29 is 9.66 Å². The molecule has 0 amide bonds. The van der Waals surface area contributed by atoms with Crippen LogP contribution < -0.4 is 10.1 Å². The van der Waals surface area contributed by atoms with E-state index in [9.17, 15) is 10.1 Å². The summed E-state index contributed by atoms with van der Waals surface area (Å²) in [5, 5.41) is 14.2. The van der Waals surface area contributed by atoms with Gasteiger partial charge in [-0.3, -0.25) is 10.1 Å². The van der Waals surface area contributed by atoms with Crippen molar-refractivity contribution >= 4 is 28.6 Å². The molecule has 7 heteroatoms. The molecule has 0 unspecified atom stereocenters. The smallest absolute Gasteiger partial charge is 0.310 e. The minimum absolute atomic E-state index is 0.0297. The van der Waals surface area contributed by atoms with Gasteiger partial charge in [0.15, 0.2) is 5.75 Å². The van der Waals surface area contributed by atoms with Gasteiger partial charge in [0.1, 0.15) is 6.61 Å². The van der Waals surface area contributed by atoms with Crippen LogP contribution in [-0.4, -0.2) is 11.5 Å². The fourth-order valence-electron chi connectivity index (χ4n) is 1.78. The van der Waals surface area contributed by atoms with Crippen molar-refractivity contribution in [2.45, 2.75) is 20.1 Å². The van der Waals surface area contributed by atoms with E-state index in [1.54, 1.807) is 18.2 Å². The predicted octanol–water partition coefficient (Wildman–Crippen LogP) is 4.00. The number of ether oxygens (including phenoxy) is 1. The number of nitrogens with one attached hydrogen (secondary N) is 1. The molecule has 21 heavy (non-hydrogen) atoms. The van der Waals surface area contributed by atoms with Crippen molar-refractivity contribution in [1.82, 2.24) is 5.32 Å². The first-order valence-corrected chi connectivity index (χ1v) is 7.64. The summed E-state index contributed by atoms with van der Waals surface area (Å²) < 4.78 is 6.27. The Labute approximate surface area is 131 Å². The van der Waals surface area contributed by atoms with Gasteiger partial charge in [0.2, 0.25) is 0 Å². The third-order valence-electron chi connectivity index (χ3n) is 2.80. The second kappa shape index (κ2) is 7.40. The van der Waals surface area contributed by atoms with E-state index in [0.717, 1.165) is 17.0 Å². The number of hydrogen-bond donors (Lipinski definition) is 1. The first-order chi connectivity index (χ1) is 10.1. The largest absolute Gasteiger partial charge is 0.481 e. The summed E-state index contributed by atoms with van der Waals surface area (Å²) in [5.41, 5.74) is 0.916. The molecule has 1 aromatic carbocycles. The van der Waals surface area contributed by atoms with Gasteiger partial charge in [-0.05, 0) is 30.3 Å². The van der Waals surface area contributed by atoms with Gasteiger partial charge < -0.3 is 10.1 Å². The number of nitro benzene ring substituents is 1. The zero-order valence-electron chi connectivity index (χ0n) is 11.5. The average Bonchev–Trinajstić information content (AvgIpc) is 2.88. The highest BCUT2D eigenvalue weighted by molar-refractivity contribution is 7.16. The van der Waals surface area contributed by atoms with Crippen molar-refractivity contribution in [3.63, 3.8) is 0 Å². The molecular formula is C14H15ClN2O3S. The number of thiophene rings is 1. The highest BCUT2D eigenvalue weighted by atomic mass is 35.5. The van der Waals surface area contributed by atoms with E-state index in [2.05, 4.69) is 5.32 Å². The molecule has 0 aliphatic carbocycles. The monoisotopic (exact) mass is 326 g/mol. The van der Waals surface area contributed by atoms with Gasteiger partial charge in [-0.2, -0.15) is 0 Å². The molecule has 0 bridgehead atoms. The fourth-order valence-corrected chi connectivity index (χ4v) is 2.78. The molecule has 1 heterocycles. The second-order valence-corrected chi connectivity index (χ2v) is 6.13. The molecule has 1 N–H and O–H groups in total. The Balaban J connectivity index is 2.15. The normalized spacial score (nSPS) is 10.6. The molecule has 0 fully saturated rings. The molecule has 0 radical (unpaired) electrons. The van der Waals surface area contributed by atoms with Crippen LogP contribution in [0.4, 0.5) is 5.69 Å². The molecule has 0 saturated carbocycles. The lowest BCUT2D eigenvalue weighted by Gasteiger charge is -2.08. The maximum Gasteiger partial charge on any atom is 0.310 e. The number of nitrogens with zero attached hydrogens (tertiary/aromatic N) is 1. The molecule has 2 rings (SSSR count). The van der Waals surface area contributed by atoms with Gasteiger partial charge in [-0.1, -0.05) is 24.6 Å². The summed E-state index contributed by atoms with van der Waals surface area (Å²) in [5.74, 6) is 0.278. The highest BCUT2D eigenvalue weighted by Gasteiger charge is 2.16. The molecule has 2 aromatic rings. The van der Waals surface area contributed by atoms with E-state index in [0.29, 0.717) is 10.9 Å². The lowest BCUT2D eigenvalue weighted by atomic mass is 10.2. The van der Waals surface area contributed by atoms with Crippen LogP contribution in [0.1, 0.15) is 17.4 Å². The molecule has 0 spiro atoms. The van der Waals surface area contributed by atoms with Crippen LogP contribution in [0.2, 0.25) is 4.34 Å². The van der Waals surface area contributed by atoms with Crippen LogP contribution in [0, 0.1) is 10.1 Å². The number of benzene rings is 1. The Morgan fingerprint density at radius 2 is 2.19 bits per heavy atom. The van der Waals surface area contributed by atoms with Gasteiger partial charge in [0.05, 0.1) is 9.26 Å². The van der Waals surface area contributed by atoms with Gasteiger partial charge in [-0.25, -0.2) is 0 Å². The van der Waals surface area contributed by atoms with E-state index in [4.69, 9.17) is 16.3 Å². The first-order valence-electron chi connectivity index (χ1n) is 6.45. The lowest BCUT2D eigenvalue weighted by molar-refractivity contribution is -0.386. The van der Waals surface area contributed by atoms with Crippen molar-refractivity contribution in [3.05, 3.63) is 55.2 Å². The molecular weight excluding hydrogens is 312 g/mol. The minimum Gasteiger partial charge on any atom is -0.481 e. The molecule has 0 aliphatic heterocycles. The Hall–Kier alpha value is -1.63. The van der Waals surface area contributed by atoms with E-state index >= 15 is 0 Å². The van der Waals surface area contributed by atoms with Crippen LogP contribution in [-0.2, 0) is 13.2 Å². The Morgan fingerprint density at radius 3 is 2.81 bits per heavy atom. The quantitative estimate of drug-likeness (QED) is 0.617. The minimum atomic E-state index is -0.437. The van der Waals surface area contributed by atoms with Gasteiger partial charge >= 0.3 is 5.69 Å². The summed E-state index contributed by atoms with van der Waals surface area (Å²) >= 11 is 7.25. The third kappa shape index (κ3) is 4.42. The molecule has 112 valence electrons. The SMILES string of the molecule is CCNCc1ccc([N+](=O)[O-])c(OCc2ccc(Cl)s2)c1. The van der Waals surface area contributed by atoms with Crippen molar-refractivity contribution in [2.75, 3.05) is 6.54 Å². The van der Waals surface area contributed by atoms with Crippen molar-refractivity contribution in [2.24, 2.45) is 0 Å². The third-order valence-corrected chi connectivity index (χ3v) is 4.00.